The van der Waals surface area contributed by atoms with Crippen molar-refractivity contribution >= 4 is 11.6 Å². The van der Waals surface area contributed by atoms with Gasteiger partial charge in [-0.15, -0.1) is 0 Å². The second kappa shape index (κ2) is 7.30. The predicted molar refractivity (Wildman–Crippen MR) is 82.3 cm³/mol. The monoisotopic (exact) mass is 297 g/mol. The molecule has 2 N–H and O–H groups in total. The predicted octanol–water partition coefficient (Wildman–Crippen LogP) is 3.38. The van der Waals surface area contributed by atoms with Crippen LogP contribution in [0.2, 0.25) is 5.02 Å². The molecule has 1 aliphatic rings. The molecule has 20 heavy (non-hydrogen) atoms. The Balaban J connectivity index is 1.87. The number of aliphatic hydroxyl groups is 1. The van der Waals surface area contributed by atoms with Gasteiger partial charge < -0.3 is 15.2 Å². The minimum absolute atomic E-state index is 0.0779. The molecule has 0 aromatic heterocycles. The van der Waals surface area contributed by atoms with Gasteiger partial charge in [0.15, 0.2) is 0 Å². The van der Waals surface area contributed by atoms with Crippen molar-refractivity contribution in [2.45, 2.75) is 38.6 Å². The standard InChI is InChI=1S/C16H24ClNO2/c1-20-15-6-5-13(9-14(15)17)10-18-11-16(12-19)7-3-2-4-8-16/h5-6,9,18-19H,2-4,7-8,10-12H2,1H3. The molecule has 1 aromatic rings. The smallest absolute Gasteiger partial charge is 0.137 e. The van der Waals surface area contributed by atoms with Crippen LogP contribution < -0.4 is 10.1 Å². The zero-order chi connectivity index (χ0) is 14.4. The molecule has 3 nitrogen and oxygen atoms in total. The lowest BCUT2D eigenvalue weighted by Gasteiger charge is -2.35. The molecular weight excluding hydrogens is 274 g/mol. The van der Waals surface area contributed by atoms with Crippen molar-refractivity contribution in [1.29, 1.82) is 0 Å². The molecule has 0 unspecified atom stereocenters. The minimum Gasteiger partial charge on any atom is -0.495 e. The van der Waals surface area contributed by atoms with Crippen LogP contribution in [0.5, 0.6) is 5.75 Å². The molecule has 0 saturated heterocycles. The first-order chi connectivity index (χ1) is 9.69. The summed E-state index contributed by atoms with van der Waals surface area (Å²) >= 11 is 6.12. The van der Waals surface area contributed by atoms with Crippen LogP contribution in [0.15, 0.2) is 18.2 Å². The lowest BCUT2D eigenvalue weighted by atomic mass is 9.74. The number of ether oxygens (including phenoxy) is 1. The summed E-state index contributed by atoms with van der Waals surface area (Å²) in [5.74, 6) is 0.703. The van der Waals surface area contributed by atoms with Crippen LogP contribution in [-0.4, -0.2) is 25.4 Å². The van der Waals surface area contributed by atoms with Crippen molar-refractivity contribution in [3.63, 3.8) is 0 Å². The van der Waals surface area contributed by atoms with Crippen molar-refractivity contribution in [2.24, 2.45) is 5.41 Å². The van der Waals surface area contributed by atoms with Crippen molar-refractivity contribution < 1.29 is 9.84 Å². The second-order valence-corrected chi connectivity index (χ2v) is 6.20. The molecule has 1 fully saturated rings. The highest BCUT2D eigenvalue weighted by Gasteiger charge is 2.30. The van der Waals surface area contributed by atoms with Crippen LogP contribution in [0.3, 0.4) is 0 Å². The summed E-state index contributed by atoms with van der Waals surface area (Å²) in [4.78, 5) is 0. The average molecular weight is 298 g/mol. The Bertz CT molecular complexity index is 430. The zero-order valence-electron chi connectivity index (χ0n) is 12.1. The molecule has 112 valence electrons. The topological polar surface area (TPSA) is 41.5 Å². The molecule has 2 rings (SSSR count). The molecular formula is C16H24ClNO2. The molecule has 0 radical (unpaired) electrons. The van der Waals surface area contributed by atoms with Crippen LogP contribution in [0.1, 0.15) is 37.7 Å². The fourth-order valence-corrected chi connectivity index (χ4v) is 3.26. The number of methoxy groups -OCH3 is 1. The summed E-state index contributed by atoms with van der Waals surface area (Å²) in [6.07, 6.45) is 6.02. The summed E-state index contributed by atoms with van der Waals surface area (Å²) in [5.41, 5.74) is 1.22. The van der Waals surface area contributed by atoms with Crippen LogP contribution in [0.25, 0.3) is 0 Å². The first-order valence-electron chi connectivity index (χ1n) is 7.33. The van der Waals surface area contributed by atoms with Crippen LogP contribution in [0, 0.1) is 5.41 Å². The van der Waals surface area contributed by atoms with Crippen LogP contribution in [0.4, 0.5) is 0 Å². The van der Waals surface area contributed by atoms with Crippen LogP contribution in [-0.2, 0) is 6.54 Å². The van der Waals surface area contributed by atoms with Crippen molar-refractivity contribution in [3.8, 4) is 5.75 Å². The fourth-order valence-electron chi connectivity index (χ4n) is 2.98. The van der Waals surface area contributed by atoms with Gasteiger partial charge in [0.05, 0.1) is 12.1 Å². The number of nitrogens with one attached hydrogen (secondary N) is 1. The molecule has 0 aliphatic heterocycles. The van der Waals surface area contributed by atoms with E-state index in [4.69, 9.17) is 16.3 Å². The van der Waals surface area contributed by atoms with Crippen molar-refractivity contribution in [2.75, 3.05) is 20.3 Å². The maximum Gasteiger partial charge on any atom is 0.137 e. The van der Waals surface area contributed by atoms with Gasteiger partial charge in [-0.25, -0.2) is 0 Å². The number of hydrogen-bond acceptors (Lipinski definition) is 3. The third-order valence-electron chi connectivity index (χ3n) is 4.29. The molecule has 1 aromatic carbocycles. The molecule has 0 bridgehead atoms. The normalized spacial score (nSPS) is 17.9. The summed E-state index contributed by atoms with van der Waals surface area (Å²) in [7, 11) is 1.62. The van der Waals surface area contributed by atoms with E-state index in [9.17, 15) is 5.11 Å². The Labute approximate surface area is 126 Å². The maximum absolute atomic E-state index is 9.67. The Morgan fingerprint density at radius 3 is 2.65 bits per heavy atom. The molecule has 4 heteroatoms. The maximum atomic E-state index is 9.67. The summed E-state index contributed by atoms with van der Waals surface area (Å²) in [6.45, 7) is 1.92. The Kier molecular flexibility index (Phi) is 5.70. The molecule has 0 heterocycles. The number of aliphatic hydroxyl groups excluding tert-OH is 1. The molecule has 0 atom stereocenters. The van der Waals surface area contributed by atoms with Gasteiger partial charge in [0.1, 0.15) is 5.75 Å². The van der Waals surface area contributed by atoms with E-state index in [-0.39, 0.29) is 12.0 Å². The van der Waals surface area contributed by atoms with Gasteiger partial charge in [-0.3, -0.25) is 0 Å². The first kappa shape index (κ1) is 15.6. The van der Waals surface area contributed by atoms with Gasteiger partial charge in [-0.1, -0.05) is 36.9 Å². The summed E-state index contributed by atoms with van der Waals surface area (Å²) in [6, 6.07) is 5.84. The van der Waals surface area contributed by atoms with Gasteiger partial charge in [-0.05, 0) is 30.5 Å². The third kappa shape index (κ3) is 3.87. The largest absolute Gasteiger partial charge is 0.495 e. The van der Waals surface area contributed by atoms with E-state index in [2.05, 4.69) is 5.32 Å². The molecule has 1 aliphatic carbocycles. The van der Waals surface area contributed by atoms with E-state index in [0.717, 1.165) is 31.5 Å². The SMILES string of the molecule is COc1ccc(CNCC2(CO)CCCCC2)cc1Cl. The van der Waals surface area contributed by atoms with Gasteiger partial charge in [0.2, 0.25) is 0 Å². The Hall–Kier alpha value is -0.770. The fraction of sp³-hybridized carbons (Fsp3) is 0.625. The van der Waals surface area contributed by atoms with E-state index in [0.29, 0.717) is 10.8 Å². The van der Waals surface area contributed by atoms with Gasteiger partial charge >= 0.3 is 0 Å². The summed E-state index contributed by atoms with van der Waals surface area (Å²) in [5, 5.41) is 13.8. The van der Waals surface area contributed by atoms with Gasteiger partial charge in [-0.2, -0.15) is 0 Å². The van der Waals surface area contributed by atoms with Crippen LogP contribution >= 0.6 is 11.6 Å². The quantitative estimate of drug-likeness (QED) is 0.846. The highest BCUT2D eigenvalue weighted by atomic mass is 35.5. The average Bonchev–Trinajstić information content (AvgIpc) is 2.48. The first-order valence-corrected chi connectivity index (χ1v) is 7.71. The summed E-state index contributed by atoms with van der Waals surface area (Å²) < 4.78 is 5.15. The van der Waals surface area contributed by atoms with Crippen molar-refractivity contribution in [1.82, 2.24) is 5.32 Å². The van der Waals surface area contributed by atoms with E-state index in [1.165, 1.54) is 19.3 Å². The third-order valence-corrected chi connectivity index (χ3v) is 4.59. The van der Waals surface area contributed by atoms with Crippen molar-refractivity contribution in [3.05, 3.63) is 28.8 Å². The second-order valence-electron chi connectivity index (χ2n) is 5.79. The van der Waals surface area contributed by atoms with E-state index in [1.54, 1.807) is 7.11 Å². The lowest BCUT2D eigenvalue weighted by Crippen LogP contribution is -2.38. The highest BCUT2D eigenvalue weighted by molar-refractivity contribution is 6.32. The Morgan fingerprint density at radius 2 is 2.05 bits per heavy atom. The molecule has 0 amide bonds. The number of rotatable bonds is 6. The molecule has 1 saturated carbocycles. The van der Waals surface area contributed by atoms with Gasteiger partial charge in [0, 0.05) is 25.1 Å². The Morgan fingerprint density at radius 1 is 1.30 bits per heavy atom. The van der Waals surface area contributed by atoms with E-state index < -0.39 is 0 Å². The number of hydrogen-bond donors (Lipinski definition) is 2. The van der Waals surface area contributed by atoms with Gasteiger partial charge in [0.25, 0.3) is 0 Å². The highest BCUT2D eigenvalue weighted by Crippen LogP contribution is 2.35. The van der Waals surface area contributed by atoms with E-state index >= 15 is 0 Å². The zero-order valence-corrected chi connectivity index (χ0v) is 12.9. The van der Waals surface area contributed by atoms with E-state index in [1.807, 2.05) is 18.2 Å². The number of halogens is 1. The molecule has 0 spiro atoms. The number of benzene rings is 1. The lowest BCUT2D eigenvalue weighted by molar-refractivity contribution is 0.0810. The minimum atomic E-state index is 0.0779.